The molecule has 1 aliphatic carbocycles. The highest BCUT2D eigenvalue weighted by molar-refractivity contribution is 6.32. The lowest BCUT2D eigenvalue weighted by atomic mass is 10.1. The molecule has 0 bridgehead atoms. The summed E-state index contributed by atoms with van der Waals surface area (Å²) in [5, 5.41) is 12.0. The zero-order valence-electron chi connectivity index (χ0n) is 20.0. The summed E-state index contributed by atoms with van der Waals surface area (Å²) in [7, 11) is 0. The highest BCUT2D eigenvalue weighted by Crippen LogP contribution is 2.46. The van der Waals surface area contributed by atoms with E-state index in [1.165, 1.54) is 24.5 Å². The maximum absolute atomic E-state index is 15.2. The van der Waals surface area contributed by atoms with Gasteiger partial charge in [-0.3, -0.25) is 4.90 Å². The molecule has 190 valence electrons. The molecule has 1 saturated heterocycles. The largest absolute Gasteiger partial charge is 0.506 e. The summed E-state index contributed by atoms with van der Waals surface area (Å²) in [6.45, 7) is 6.58. The number of carbonyl (C=O) groups is 1. The van der Waals surface area contributed by atoms with Crippen LogP contribution in [-0.4, -0.2) is 61.8 Å². The number of hydrogen-bond acceptors (Lipinski definition) is 8. The first-order valence-corrected chi connectivity index (χ1v) is 11.9. The summed E-state index contributed by atoms with van der Waals surface area (Å²) >= 11 is 5.81. The minimum atomic E-state index is -0.861. The Morgan fingerprint density at radius 1 is 1.22 bits per heavy atom. The average molecular weight is 519 g/mol. The van der Waals surface area contributed by atoms with Crippen LogP contribution in [0.2, 0.25) is 5.02 Å². The molecule has 0 radical (unpaired) electrons. The van der Waals surface area contributed by atoms with Crippen molar-refractivity contribution >= 4 is 46.1 Å². The van der Waals surface area contributed by atoms with E-state index in [-0.39, 0.29) is 34.4 Å². The third-order valence-electron chi connectivity index (χ3n) is 6.25. The molecule has 5 rings (SSSR count). The van der Waals surface area contributed by atoms with Crippen LogP contribution in [0.5, 0.6) is 5.75 Å². The third kappa shape index (κ3) is 4.43. The molecule has 1 spiro atoms. The fraction of sp³-hybridized carbons (Fsp3) is 0.417. The van der Waals surface area contributed by atoms with Crippen LogP contribution in [0.25, 0.3) is 11.0 Å². The van der Waals surface area contributed by atoms with Crippen molar-refractivity contribution in [3.63, 3.8) is 0 Å². The topological polar surface area (TPSA) is 104 Å². The number of amides is 1. The summed E-state index contributed by atoms with van der Waals surface area (Å²) in [5.41, 5.74) is -0.608. The molecule has 3 aromatic rings. The molecule has 2 aromatic heterocycles. The first kappa shape index (κ1) is 24.2. The Hall–Kier alpha value is -3.47. The second kappa shape index (κ2) is 8.58. The van der Waals surface area contributed by atoms with Crippen molar-refractivity contribution in [1.82, 2.24) is 19.9 Å². The number of rotatable bonds is 3. The Bertz CT molecular complexity index is 1360. The van der Waals surface area contributed by atoms with E-state index in [4.69, 9.17) is 16.3 Å². The van der Waals surface area contributed by atoms with Gasteiger partial charge in [-0.2, -0.15) is 0 Å². The molecule has 1 saturated carbocycles. The highest BCUT2D eigenvalue weighted by atomic mass is 35.5. The fourth-order valence-electron chi connectivity index (χ4n) is 4.36. The second-order valence-electron chi connectivity index (χ2n) is 10.0. The van der Waals surface area contributed by atoms with Crippen molar-refractivity contribution in [1.29, 1.82) is 0 Å². The Morgan fingerprint density at radius 3 is 2.67 bits per heavy atom. The molecule has 3 heterocycles. The van der Waals surface area contributed by atoms with Gasteiger partial charge in [0.2, 0.25) is 0 Å². The van der Waals surface area contributed by atoms with Gasteiger partial charge in [-0.05, 0) is 45.7 Å². The van der Waals surface area contributed by atoms with Gasteiger partial charge in [0.15, 0.2) is 23.3 Å². The van der Waals surface area contributed by atoms with Crippen molar-refractivity contribution < 1.29 is 23.4 Å². The van der Waals surface area contributed by atoms with Gasteiger partial charge in [0.25, 0.3) is 0 Å². The molecule has 1 aromatic carbocycles. The van der Waals surface area contributed by atoms with Crippen molar-refractivity contribution in [3.8, 4) is 5.75 Å². The van der Waals surface area contributed by atoms with Crippen LogP contribution in [0.1, 0.15) is 33.6 Å². The number of fused-ring (bicyclic) bond motifs is 1. The SMILES string of the molecule is CC(C)(C)OC(=O)N1CCN(c2nc3c(Nc4ccc(O)c(Cl)c4F)ncnc3cc2F)CC12CC2. The Morgan fingerprint density at radius 2 is 1.97 bits per heavy atom. The number of aromatic hydroxyl groups is 1. The van der Waals surface area contributed by atoms with Crippen molar-refractivity contribution in [2.75, 3.05) is 29.9 Å². The zero-order chi connectivity index (χ0) is 25.8. The normalized spacial score (nSPS) is 16.9. The molecule has 2 aliphatic rings. The number of pyridine rings is 1. The maximum atomic E-state index is 15.2. The molecule has 0 unspecified atom stereocenters. The number of phenols is 1. The number of benzene rings is 1. The second-order valence-corrected chi connectivity index (χ2v) is 10.4. The van der Waals surface area contributed by atoms with Crippen LogP contribution in [0, 0.1) is 11.6 Å². The summed E-state index contributed by atoms with van der Waals surface area (Å²) in [6.07, 6.45) is 2.41. The fourth-order valence-corrected chi connectivity index (χ4v) is 4.53. The predicted octanol–water partition coefficient (Wildman–Crippen LogP) is 5.00. The lowest BCUT2D eigenvalue weighted by Gasteiger charge is -2.42. The van der Waals surface area contributed by atoms with E-state index in [2.05, 4.69) is 20.3 Å². The van der Waals surface area contributed by atoms with Gasteiger partial charge >= 0.3 is 6.09 Å². The van der Waals surface area contributed by atoms with Crippen LogP contribution in [-0.2, 0) is 4.74 Å². The number of carbonyl (C=O) groups excluding carboxylic acids is 1. The van der Waals surface area contributed by atoms with Crippen LogP contribution >= 0.6 is 11.6 Å². The molecule has 1 amide bonds. The van der Waals surface area contributed by atoms with E-state index in [1.54, 1.807) is 9.80 Å². The van der Waals surface area contributed by atoms with Gasteiger partial charge in [0.05, 0.1) is 16.7 Å². The van der Waals surface area contributed by atoms with E-state index in [1.807, 2.05) is 20.8 Å². The summed E-state index contributed by atoms with van der Waals surface area (Å²) < 4.78 is 35.3. The molecule has 2 fully saturated rings. The van der Waals surface area contributed by atoms with Crippen LogP contribution in [0.15, 0.2) is 24.5 Å². The van der Waals surface area contributed by atoms with Gasteiger partial charge in [-0.15, -0.1) is 0 Å². The van der Waals surface area contributed by atoms with E-state index in [0.717, 1.165) is 12.8 Å². The van der Waals surface area contributed by atoms with Crippen LogP contribution in [0.3, 0.4) is 0 Å². The van der Waals surface area contributed by atoms with Gasteiger partial charge in [0.1, 0.15) is 28.2 Å². The molecule has 36 heavy (non-hydrogen) atoms. The highest BCUT2D eigenvalue weighted by Gasteiger charge is 2.54. The summed E-state index contributed by atoms with van der Waals surface area (Å²) in [6, 6.07) is 3.81. The van der Waals surface area contributed by atoms with E-state index < -0.39 is 33.5 Å². The van der Waals surface area contributed by atoms with Crippen LogP contribution < -0.4 is 10.2 Å². The predicted molar refractivity (Wildman–Crippen MR) is 131 cm³/mol. The first-order valence-electron chi connectivity index (χ1n) is 11.5. The van der Waals surface area contributed by atoms with E-state index in [0.29, 0.717) is 19.6 Å². The number of nitrogens with zero attached hydrogens (tertiary/aromatic N) is 5. The summed E-state index contributed by atoms with van der Waals surface area (Å²) in [4.78, 5) is 29.1. The molecule has 9 nitrogen and oxygen atoms in total. The molecule has 12 heteroatoms. The third-order valence-corrected chi connectivity index (χ3v) is 6.61. The zero-order valence-corrected chi connectivity index (χ0v) is 20.7. The van der Waals surface area contributed by atoms with Gasteiger partial charge in [-0.1, -0.05) is 11.6 Å². The standard InChI is InChI=1S/C24H25ClF2N6O3/c1-23(2,3)36-22(35)33-9-8-32(11-24(33)6-7-24)21-13(26)10-15-19(31-21)20(29-12-28-15)30-14-4-5-16(34)17(25)18(14)27/h4-5,10,12,34H,6-9,11H2,1-3H3,(H,28,29,30). The monoisotopic (exact) mass is 518 g/mol. The lowest BCUT2D eigenvalue weighted by Crippen LogP contribution is -2.58. The number of phenolic OH excluding ortho intramolecular Hbond substituents is 1. The van der Waals surface area contributed by atoms with Crippen molar-refractivity contribution in [2.24, 2.45) is 0 Å². The number of aromatic nitrogens is 3. The van der Waals surface area contributed by atoms with Crippen molar-refractivity contribution in [2.45, 2.75) is 44.8 Å². The maximum Gasteiger partial charge on any atom is 0.410 e. The van der Waals surface area contributed by atoms with Gasteiger partial charge < -0.3 is 20.1 Å². The Labute approximate surface area is 211 Å². The minimum Gasteiger partial charge on any atom is -0.506 e. The quantitative estimate of drug-likeness (QED) is 0.467. The number of hydrogen-bond donors (Lipinski definition) is 2. The minimum absolute atomic E-state index is 0.0339. The molecule has 0 atom stereocenters. The smallest absolute Gasteiger partial charge is 0.410 e. The number of anilines is 3. The van der Waals surface area contributed by atoms with Gasteiger partial charge in [0, 0.05) is 25.7 Å². The Kier molecular flexibility index (Phi) is 5.77. The average Bonchev–Trinajstić information content (AvgIpc) is 3.56. The summed E-state index contributed by atoms with van der Waals surface area (Å²) in [5.74, 6) is -1.57. The Balaban J connectivity index is 1.45. The van der Waals surface area contributed by atoms with Crippen molar-refractivity contribution in [3.05, 3.63) is 41.2 Å². The van der Waals surface area contributed by atoms with E-state index >= 15 is 4.39 Å². The molecule has 2 N–H and O–H groups in total. The molecule has 1 aliphatic heterocycles. The first-order chi connectivity index (χ1) is 17.0. The van der Waals surface area contributed by atoms with Crippen LogP contribution in [0.4, 0.5) is 30.9 Å². The number of ether oxygens (including phenoxy) is 1. The lowest BCUT2D eigenvalue weighted by molar-refractivity contribution is 0.0106. The molecular weight excluding hydrogens is 494 g/mol. The number of halogens is 3. The number of piperazine rings is 1. The van der Waals surface area contributed by atoms with Gasteiger partial charge in [-0.25, -0.2) is 28.5 Å². The number of nitrogens with one attached hydrogen (secondary N) is 1. The molecular formula is C24H25ClF2N6O3. The van der Waals surface area contributed by atoms with E-state index in [9.17, 15) is 14.3 Å².